The van der Waals surface area contributed by atoms with Crippen molar-refractivity contribution in [2.75, 3.05) is 0 Å². The van der Waals surface area contributed by atoms with E-state index in [0.717, 1.165) is 43.7 Å². The summed E-state index contributed by atoms with van der Waals surface area (Å²) in [5, 5.41) is 0. The molecule has 0 N–H and O–H groups in total. The van der Waals surface area contributed by atoms with Gasteiger partial charge in [0.25, 0.3) is 0 Å². The summed E-state index contributed by atoms with van der Waals surface area (Å²) >= 11 is 0. The lowest BCUT2D eigenvalue weighted by Crippen LogP contribution is -2.22. The summed E-state index contributed by atoms with van der Waals surface area (Å²) in [7, 11) is 0. The van der Waals surface area contributed by atoms with Gasteiger partial charge in [-0.3, -0.25) is 0 Å². The van der Waals surface area contributed by atoms with Crippen molar-refractivity contribution < 1.29 is 26.7 Å². The Morgan fingerprint density at radius 2 is 1.61 bits per heavy atom. The van der Waals surface area contributed by atoms with E-state index in [0.29, 0.717) is 29.7 Å². The van der Waals surface area contributed by atoms with Gasteiger partial charge in [0, 0.05) is 0 Å². The molecule has 0 heterocycles. The van der Waals surface area contributed by atoms with Crippen LogP contribution in [0.5, 0.6) is 5.75 Å². The first-order chi connectivity index (χ1) is 13.2. The Kier molecular flexibility index (Phi) is 6.06. The van der Waals surface area contributed by atoms with Crippen LogP contribution in [0.1, 0.15) is 43.7 Å². The fourth-order valence-electron chi connectivity index (χ4n) is 3.30. The number of ether oxygens (including phenoxy) is 1. The van der Waals surface area contributed by atoms with Crippen molar-refractivity contribution in [3.8, 4) is 5.75 Å². The van der Waals surface area contributed by atoms with E-state index in [4.69, 9.17) is 0 Å². The molecule has 3 rings (SSSR count). The molecule has 0 bridgehead atoms. The van der Waals surface area contributed by atoms with Crippen LogP contribution in [-0.4, -0.2) is 0 Å². The molecule has 2 aromatic carbocycles. The Balaban J connectivity index is 1.70. The van der Waals surface area contributed by atoms with E-state index in [1.165, 1.54) is 6.07 Å². The SMILES string of the molecule is CC1CCC(/C=C/c2ccc(OC(F)(F)c3ccc(F)c(F)c3)c(F)c2)CC1. The first-order valence-corrected chi connectivity index (χ1v) is 9.24. The average Bonchev–Trinajstić information content (AvgIpc) is 2.65. The van der Waals surface area contributed by atoms with E-state index < -0.39 is 34.9 Å². The minimum absolute atomic E-state index is 0.329. The van der Waals surface area contributed by atoms with Gasteiger partial charge in [0.1, 0.15) is 0 Å². The molecule has 0 radical (unpaired) electrons. The predicted octanol–water partition coefficient (Wildman–Crippen LogP) is 7.07. The lowest BCUT2D eigenvalue weighted by atomic mass is 9.83. The van der Waals surface area contributed by atoms with E-state index in [1.54, 1.807) is 6.08 Å². The van der Waals surface area contributed by atoms with Crippen LogP contribution in [0, 0.1) is 29.3 Å². The Labute approximate surface area is 160 Å². The van der Waals surface area contributed by atoms with Gasteiger partial charge in [-0.1, -0.05) is 38.0 Å². The Bertz CT molecular complexity index is 854. The van der Waals surface area contributed by atoms with E-state index in [9.17, 15) is 22.0 Å². The van der Waals surface area contributed by atoms with Gasteiger partial charge in [-0.05, 0) is 60.6 Å². The van der Waals surface area contributed by atoms with Crippen LogP contribution in [-0.2, 0) is 6.11 Å². The lowest BCUT2D eigenvalue weighted by Gasteiger charge is -2.23. The lowest BCUT2D eigenvalue weighted by molar-refractivity contribution is -0.187. The summed E-state index contributed by atoms with van der Waals surface area (Å²) in [4.78, 5) is 0. The third-order valence-corrected chi connectivity index (χ3v) is 5.07. The molecule has 6 heteroatoms. The minimum atomic E-state index is -4.01. The van der Waals surface area contributed by atoms with Crippen LogP contribution in [0.4, 0.5) is 22.0 Å². The van der Waals surface area contributed by atoms with Crippen LogP contribution >= 0.6 is 0 Å². The summed E-state index contributed by atoms with van der Waals surface area (Å²) in [5.41, 5.74) is -0.360. The normalized spacial score (nSPS) is 20.5. The molecule has 0 amide bonds. The molecule has 0 saturated heterocycles. The number of benzene rings is 2. The van der Waals surface area contributed by atoms with Gasteiger partial charge in [-0.2, -0.15) is 8.78 Å². The van der Waals surface area contributed by atoms with Crippen LogP contribution < -0.4 is 4.74 Å². The van der Waals surface area contributed by atoms with Crippen LogP contribution in [0.15, 0.2) is 42.5 Å². The summed E-state index contributed by atoms with van der Waals surface area (Å²) in [5.74, 6) is -3.14. The maximum absolute atomic E-state index is 14.2. The molecule has 150 valence electrons. The molecule has 0 atom stereocenters. The largest absolute Gasteiger partial charge is 0.426 e. The maximum atomic E-state index is 14.2. The Morgan fingerprint density at radius 3 is 2.25 bits per heavy atom. The summed E-state index contributed by atoms with van der Waals surface area (Å²) < 4.78 is 73.1. The van der Waals surface area contributed by atoms with Crippen molar-refractivity contribution >= 4 is 6.08 Å². The molecule has 0 spiro atoms. The minimum Gasteiger partial charge on any atom is -0.426 e. The third kappa shape index (κ3) is 4.91. The van der Waals surface area contributed by atoms with E-state index in [2.05, 4.69) is 11.7 Å². The highest BCUT2D eigenvalue weighted by atomic mass is 19.3. The van der Waals surface area contributed by atoms with Gasteiger partial charge in [-0.15, -0.1) is 0 Å². The molecular formula is C22H21F5O. The molecule has 28 heavy (non-hydrogen) atoms. The topological polar surface area (TPSA) is 9.23 Å². The number of allylic oxidation sites excluding steroid dienone is 1. The summed E-state index contributed by atoms with van der Waals surface area (Å²) in [6.07, 6.45) is 4.29. The second-order valence-electron chi connectivity index (χ2n) is 7.32. The molecule has 0 aromatic heterocycles. The van der Waals surface area contributed by atoms with Crippen LogP contribution in [0.25, 0.3) is 6.08 Å². The van der Waals surface area contributed by atoms with Crippen molar-refractivity contribution in [2.24, 2.45) is 11.8 Å². The third-order valence-electron chi connectivity index (χ3n) is 5.07. The summed E-state index contributed by atoms with van der Waals surface area (Å²) in [6.45, 7) is 2.23. The van der Waals surface area contributed by atoms with Crippen molar-refractivity contribution in [3.63, 3.8) is 0 Å². The smallest absolute Gasteiger partial charge is 0.426 e. The number of halogens is 5. The first-order valence-electron chi connectivity index (χ1n) is 9.24. The molecule has 1 nitrogen and oxygen atoms in total. The van der Waals surface area contributed by atoms with Gasteiger partial charge in [0.05, 0.1) is 5.56 Å². The van der Waals surface area contributed by atoms with E-state index in [1.807, 2.05) is 6.08 Å². The highest BCUT2D eigenvalue weighted by Gasteiger charge is 2.36. The first kappa shape index (κ1) is 20.4. The maximum Gasteiger partial charge on any atom is 0.426 e. The van der Waals surface area contributed by atoms with Gasteiger partial charge < -0.3 is 4.74 Å². The second-order valence-corrected chi connectivity index (χ2v) is 7.32. The predicted molar refractivity (Wildman–Crippen MR) is 97.4 cm³/mol. The molecule has 1 saturated carbocycles. The molecule has 1 fully saturated rings. The van der Waals surface area contributed by atoms with Gasteiger partial charge >= 0.3 is 6.11 Å². The molecule has 2 aromatic rings. The van der Waals surface area contributed by atoms with E-state index >= 15 is 0 Å². The Hall–Kier alpha value is -2.37. The standard InChI is InChI=1S/C22H21F5O/c1-14-2-4-15(5-3-14)6-7-16-8-11-21(20(25)12-16)28-22(26,27)17-9-10-18(23)19(24)13-17/h6-15H,2-5H2,1H3/b7-6+. The monoisotopic (exact) mass is 396 g/mol. The molecule has 1 aliphatic rings. The molecule has 1 aliphatic carbocycles. The summed E-state index contributed by atoms with van der Waals surface area (Å²) in [6, 6.07) is 5.28. The number of rotatable bonds is 5. The number of alkyl halides is 2. The molecule has 0 aliphatic heterocycles. The zero-order chi connectivity index (χ0) is 20.3. The quantitative estimate of drug-likeness (QED) is 0.491. The second kappa shape index (κ2) is 8.33. The zero-order valence-corrected chi connectivity index (χ0v) is 15.4. The molecular weight excluding hydrogens is 375 g/mol. The fraction of sp³-hybridized carbons (Fsp3) is 0.364. The van der Waals surface area contributed by atoms with Crippen LogP contribution in [0.3, 0.4) is 0 Å². The average molecular weight is 396 g/mol. The van der Waals surface area contributed by atoms with Crippen molar-refractivity contribution in [3.05, 3.63) is 71.1 Å². The number of hydrogen-bond acceptors (Lipinski definition) is 1. The highest BCUT2D eigenvalue weighted by Crippen LogP contribution is 2.34. The Morgan fingerprint density at radius 1 is 0.893 bits per heavy atom. The van der Waals surface area contributed by atoms with Crippen molar-refractivity contribution in [1.29, 1.82) is 0 Å². The van der Waals surface area contributed by atoms with Gasteiger partial charge in [0.2, 0.25) is 0 Å². The zero-order valence-electron chi connectivity index (χ0n) is 15.4. The van der Waals surface area contributed by atoms with Crippen molar-refractivity contribution in [1.82, 2.24) is 0 Å². The van der Waals surface area contributed by atoms with E-state index in [-0.39, 0.29) is 0 Å². The van der Waals surface area contributed by atoms with Gasteiger partial charge in [0.15, 0.2) is 23.2 Å². The molecule has 0 unspecified atom stereocenters. The van der Waals surface area contributed by atoms with Crippen LogP contribution in [0.2, 0.25) is 0 Å². The highest BCUT2D eigenvalue weighted by molar-refractivity contribution is 5.51. The van der Waals surface area contributed by atoms with Gasteiger partial charge in [-0.25, -0.2) is 13.2 Å². The van der Waals surface area contributed by atoms with Crippen molar-refractivity contribution in [2.45, 2.75) is 38.7 Å². The fourth-order valence-corrected chi connectivity index (χ4v) is 3.30. The number of hydrogen-bond donors (Lipinski definition) is 0.